The first-order chi connectivity index (χ1) is 12.1. The summed E-state index contributed by atoms with van der Waals surface area (Å²) in [4.78, 5) is 24.8. The first kappa shape index (κ1) is 17.0. The molecule has 1 N–H and O–H groups in total. The number of rotatable bonds is 5. The number of benzene rings is 2. The van der Waals surface area contributed by atoms with Crippen molar-refractivity contribution in [2.45, 2.75) is 6.10 Å². The van der Waals surface area contributed by atoms with Crippen LogP contribution in [0.3, 0.4) is 0 Å². The van der Waals surface area contributed by atoms with Gasteiger partial charge < -0.3 is 19.5 Å². The fourth-order valence-corrected chi connectivity index (χ4v) is 2.70. The predicted octanol–water partition coefficient (Wildman–Crippen LogP) is 2.04. The molecule has 2 aromatic rings. The third-order valence-electron chi connectivity index (χ3n) is 4.02. The predicted molar refractivity (Wildman–Crippen MR) is 91.3 cm³/mol. The molecule has 0 saturated carbocycles. The number of carbonyl (C=O) groups excluding carboxylic acids is 1. The lowest BCUT2D eigenvalue weighted by atomic mass is 10.1. The second-order valence-electron chi connectivity index (χ2n) is 5.69. The Morgan fingerprint density at radius 1 is 1.12 bits per heavy atom. The molecule has 1 aliphatic heterocycles. The number of carbonyl (C=O) groups is 2. The van der Waals surface area contributed by atoms with Crippen molar-refractivity contribution in [2.75, 3.05) is 26.3 Å². The molecule has 0 bridgehead atoms. The molecule has 130 valence electrons. The highest BCUT2D eigenvalue weighted by atomic mass is 16.5. The van der Waals surface area contributed by atoms with Crippen LogP contribution in [0.25, 0.3) is 11.1 Å². The van der Waals surface area contributed by atoms with Gasteiger partial charge in [-0.05, 0) is 11.6 Å². The molecule has 0 unspecified atom stereocenters. The Labute approximate surface area is 145 Å². The molecule has 25 heavy (non-hydrogen) atoms. The Hall–Kier alpha value is -2.86. The number of morpholine rings is 1. The third kappa shape index (κ3) is 4.16. The average Bonchev–Trinajstić information content (AvgIpc) is 2.67. The Kier molecular flexibility index (Phi) is 5.30. The summed E-state index contributed by atoms with van der Waals surface area (Å²) in [6, 6.07) is 17.3. The van der Waals surface area contributed by atoms with Crippen LogP contribution in [0.5, 0.6) is 5.75 Å². The topological polar surface area (TPSA) is 76.1 Å². The van der Waals surface area contributed by atoms with E-state index in [1.807, 2.05) is 54.6 Å². The van der Waals surface area contributed by atoms with Crippen molar-refractivity contribution < 1.29 is 24.2 Å². The highest BCUT2D eigenvalue weighted by Crippen LogP contribution is 2.29. The summed E-state index contributed by atoms with van der Waals surface area (Å²) in [5.41, 5.74) is 1.91. The summed E-state index contributed by atoms with van der Waals surface area (Å²) in [6.45, 7) is 0.476. The number of aliphatic carboxylic acids is 1. The maximum Gasteiger partial charge on any atom is 0.334 e. The van der Waals surface area contributed by atoms with Crippen molar-refractivity contribution in [3.8, 4) is 16.9 Å². The van der Waals surface area contributed by atoms with Crippen molar-refractivity contribution in [2.24, 2.45) is 0 Å². The molecule has 1 amide bonds. The number of para-hydroxylation sites is 1. The molecule has 0 radical (unpaired) electrons. The van der Waals surface area contributed by atoms with Crippen molar-refractivity contribution in [1.82, 2.24) is 4.90 Å². The summed E-state index contributed by atoms with van der Waals surface area (Å²) >= 11 is 0. The first-order valence-corrected chi connectivity index (χ1v) is 8.04. The zero-order chi connectivity index (χ0) is 17.6. The van der Waals surface area contributed by atoms with E-state index >= 15 is 0 Å². The Morgan fingerprint density at radius 3 is 2.60 bits per heavy atom. The number of nitrogens with zero attached hydrogens (tertiary/aromatic N) is 1. The highest BCUT2D eigenvalue weighted by molar-refractivity contribution is 5.80. The number of hydrogen-bond acceptors (Lipinski definition) is 4. The lowest BCUT2D eigenvalue weighted by molar-refractivity contribution is -0.159. The number of ether oxygens (including phenoxy) is 2. The number of hydrogen-bond donors (Lipinski definition) is 1. The molecule has 6 heteroatoms. The standard InChI is InChI=1S/C19H19NO5/c21-18(20-10-11-24-17(12-20)19(22)23)13-25-16-9-5-4-8-15(16)14-6-2-1-3-7-14/h1-9,17H,10-13H2,(H,22,23)/t17-/m0/s1. The summed E-state index contributed by atoms with van der Waals surface area (Å²) in [6.07, 6.45) is -0.977. The summed E-state index contributed by atoms with van der Waals surface area (Å²) < 4.78 is 10.8. The molecule has 1 saturated heterocycles. The lowest BCUT2D eigenvalue weighted by Crippen LogP contribution is -2.49. The van der Waals surface area contributed by atoms with E-state index in [1.54, 1.807) is 0 Å². The maximum absolute atomic E-state index is 12.3. The highest BCUT2D eigenvalue weighted by Gasteiger charge is 2.29. The van der Waals surface area contributed by atoms with Gasteiger partial charge in [0.25, 0.3) is 5.91 Å². The normalized spacial score (nSPS) is 17.1. The van der Waals surface area contributed by atoms with Gasteiger partial charge in [-0.15, -0.1) is 0 Å². The molecular formula is C19H19NO5. The molecule has 1 heterocycles. The van der Waals surface area contributed by atoms with Gasteiger partial charge in [-0.25, -0.2) is 4.79 Å². The second-order valence-corrected chi connectivity index (χ2v) is 5.69. The smallest absolute Gasteiger partial charge is 0.334 e. The summed E-state index contributed by atoms with van der Waals surface area (Å²) in [5.74, 6) is -0.699. The zero-order valence-corrected chi connectivity index (χ0v) is 13.6. The molecule has 1 fully saturated rings. The van der Waals surface area contributed by atoms with Crippen molar-refractivity contribution >= 4 is 11.9 Å². The lowest BCUT2D eigenvalue weighted by Gasteiger charge is -2.30. The van der Waals surface area contributed by atoms with Gasteiger partial charge in [-0.2, -0.15) is 0 Å². The zero-order valence-electron chi connectivity index (χ0n) is 13.6. The minimum atomic E-state index is -1.06. The number of carboxylic acid groups (broad SMARTS) is 1. The van der Waals surface area contributed by atoms with E-state index in [9.17, 15) is 9.59 Å². The molecule has 2 aromatic carbocycles. The van der Waals surface area contributed by atoms with E-state index in [0.717, 1.165) is 11.1 Å². The molecule has 0 spiro atoms. The van der Waals surface area contributed by atoms with E-state index < -0.39 is 12.1 Å². The van der Waals surface area contributed by atoms with Crippen LogP contribution in [0.4, 0.5) is 0 Å². The summed E-state index contributed by atoms with van der Waals surface area (Å²) in [7, 11) is 0. The van der Waals surface area contributed by atoms with Crippen LogP contribution in [-0.2, 0) is 14.3 Å². The van der Waals surface area contributed by atoms with Crippen molar-refractivity contribution in [3.05, 3.63) is 54.6 Å². The second kappa shape index (κ2) is 7.81. The Morgan fingerprint density at radius 2 is 1.84 bits per heavy atom. The SMILES string of the molecule is O=C(O)[C@@H]1CN(C(=O)COc2ccccc2-c2ccccc2)CCO1. The molecule has 6 nitrogen and oxygen atoms in total. The van der Waals surface area contributed by atoms with Gasteiger partial charge in [-0.3, -0.25) is 4.79 Å². The first-order valence-electron chi connectivity index (χ1n) is 8.04. The number of amides is 1. The minimum Gasteiger partial charge on any atom is -0.483 e. The molecule has 1 aliphatic rings. The Bertz CT molecular complexity index is 746. The monoisotopic (exact) mass is 341 g/mol. The quantitative estimate of drug-likeness (QED) is 0.901. The van der Waals surface area contributed by atoms with E-state index in [0.29, 0.717) is 12.3 Å². The Balaban J connectivity index is 1.66. The van der Waals surface area contributed by atoms with Crippen LogP contribution in [0.1, 0.15) is 0 Å². The molecular weight excluding hydrogens is 322 g/mol. The maximum atomic E-state index is 12.3. The van der Waals surface area contributed by atoms with E-state index in [-0.39, 0.29) is 25.7 Å². The molecule has 0 aromatic heterocycles. The fourth-order valence-electron chi connectivity index (χ4n) is 2.70. The average molecular weight is 341 g/mol. The molecule has 0 aliphatic carbocycles. The van der Waals surface area contributed by atoms with Gasteiger partial charge in [0, 0.05) is 12.1 Å². The van der Waals surface area contributed by atoms with Crippen LogP contribution in [-0.4, -0.2) is 54.3 Å². The van der Waals surface area contributed by atoms with Crippen LogP contribution >= 0.6 is 0 Å². The van der Waals surface area contributed by atoms with E-state index in [1.165, 1.54) is 4.90 Å². The van der Waals surface area contributed by atoms with Gasteiger partial charge in [0.15, 0.2) is 12.7 Å². The van der Waals surface area contributed by atoms with Crippen molar-refractivity contribution in [1.29, 1.82) is 0 Å². The van der Waals surface area contributed by atoms with E-state index in [2.05, 4.69) is 0 Å². The third-order valence-corrected chi connectivity index (χ3v) is 4.02. The van der Waals surface area contributed by atoms with Gasteiger partial charge in [-0.1, -0.05) is 48.5 Å². The summed E-state index contributed by atoms with van der Waals surface area (Å²) in [5, 5.41) is 9.01. The molecule has 1 atom stereocenters. The largest absolute Gasteiger partial charge is 0.483 e. The number of carboxylic acids is 1. The van der Waals surface area contributed by atoms with Crippen LogP contribution in [0.2, 0.25) is 0 Å². The van der Waals surface area contributed by atoms with Crippen molar-refractivity contribution in [3.63, 3.8) is 0 Å². The van der Waals surface area contributed by atoms with Gasteiger partial charge in [0.1, 0.15) is 5.75 Å². The molecule has 3 rings (SSSR count). The van der Waals surface area contributed by atoms with E-state index in [4.69, 9.17) is 14.6 Å². The van der Waals surface area contributed by atoms with Crippen LogP contribution < -0.4 is 4.74 Å². The van der Waals surface area contributed by atoms with Gasteiger partial charge >= 0.3 is 5.97 Å². The van der Waals surface area contributed by atoms with Crippen LogP contribution in [0, 0.1) is 0 Å². The van der Waals surface area contributed by atoms with Gasteiger partial charge in [0.2, 0.25) is 0 Å². The van der Waals surface area contributed by atoms with Gasteiger partial charge in [0.05, 0.1) is 13.2 Å². The fraction of sp³-hybridized carbons (Fsp3) is 0.263. The minimum absolute atomic E-state index is 0.0395. The van der Waals surface area contributed by atoms with Crippen LogP contribution in [0.15, 0.2) is 54.6 Å².